The third-order valence-electron chi connectivity index (χ3n) is 3.99. The lowest BCUT2D eigenvalue weighted by Gasteiger charge is -2.32. The molecule has 0 saturated heterocycles. The molecule has 0 aliphatic carbocycles. The molecule has 2 atom stereocenters. The molecule has 1 aliphatic rings. The van der Waals surface area contributed by atoms with Gasteiger partial charge in [0.25, 0.3) is 5.91 Å². The number of carbonyl (C=O) groups is 2. The van der Waals surface area contributed by atoms with Crippen molar-refractivity contribution in [3.63, 3.8) is 0 Å². The molecule has 1 aliphatic heterocycles. The first-order valence-electron chi connectivity index (χ1n) is 7.94. The predicted octanol–water partition coefficient (Wildman–Crippen LogP) is 2.70. The summed E-state index contributed by atoms with van der Waals surface area (Å²) >= 11 is 0.644. The summed E-state index contributed by atoms with van der Waals surface area (Å²) in [6.07, 6.45) is -2.25. The van der Waals surface area contributed by atoms with Crippen molar-refractivity contribution in [1.82, 2.24) is 15.1 Å². The molecule has 2 heterocycles. The SMILES string of the molecule is CC(C)CC(C)C1(O)SC(=O)C=C1NC(=O)c1cn(C)nc1C(F)(F)F. The molecule has 144 valence electrons. The number of hydrogen-bond acceptors (Lipinski definition) is 5. The third-order valence-corrected chi connectivity index (χ3v) is 5.24. The van der Waals surface area contributed by atoms with Gasteiger partial charge in [0.2, 0.25) is 5.12 Å². The Hall–Kier alpha value is -1.81. The lowest BCUT2D eigenvalue weighted by molar-refractivity contribution is -0.141. The Morgan fingerprint density at radius 2 is 2.04 bits per heavy atom. The molecule has 0 radical (unpaired) electrons. The number of carbonyl (C=O) groups excluding carboxylic acids is 2. The zero-order chi connectivity index (χ0) is 19.9. The quantitative estimate of drug-likeness (QED) is 0.806. The monoisotopic (exact) mass is 391 g/mol. The zero-order valence-electron chi connectivity index (χ0n) is 14.7. The number of aromatic nitrogens is 2. The van der Waals surface area contributed by atoms with Crippen LogP contribution in [-0.2, 0) is 18.0 Å². The van der Waals surface area contributed by atoms with Crippen LogP contribution >= 0.6 is 11.8 Å². The molecule has 2 unspecified atom stereocenters. The van der Waals surface area contributed by atoms with Gasteiger partial charge < -0.3 is 10.4 Å². The summed E-state index contributed by atoms with van der Waals surface area (Å²) < 4.78 is 40.0. The lowest BCUT2D eigenvalue weighted by atomic mass is 9.91. The van der Waals surface area contributed by atoms with Crippen LogP contribution in [0.2, 0.25) is 0 Å². The highest BCUT2D eigenvalue weighted by atomic mass is 32.2. The second kappa shape index (κ2) is 7.07. The highest BCUT2D eigenvalue weighted by Gasteiger charge is 2.47. The molecular formula is C16H20F3N3O3S. The van der Waals surface area contributed by atoms with Gasteiger partial charge in [0.1, 0.15) is 0 Å². The standard InChI is InChI=1S/C16H20F3N3O3S/c1-8(2)5-9(3)15(25)11(6-12(23)26-15)20-14(24)10-7-22(4)21-13(10)16(17,18)19/h6-9,25H,5H2,1-4H3,(H,20,24). The Kier molecular flexibility index (Phi) is 5.57. The van der Waals surface area contributed by atoms with E-state index in [0.717, 1.165) is 17.0 Å². The fourth-order valence-corrected chi connectivity index (χ4v) is 3.87. The fourth-order valence-electron chi connectivity index (χ4n) is 2.87. The number of nitrogens with zero attached hydrogens (tertiary/aromatic N) is 2. The van der Waals surface area contributed by atoms with Crippen molar-refractivity contribution in [2.75, 3.05) is 0 Å². The van der Waals surface area contributed by atoms with Gasteiger partial charge >= 0.3 is 6.18 Å². The highest BCUT2D eigenvalue weighted by Crippen LogP contribution is 2.44. The number of aliphatic hydroxyl groups is 1. The van der Waals surface area contributed by atoms with Crippen LogP contribution < -0.4 is 5.32 Å². The normalized spacial score (nSPS) is 21.9. The number of rotatable bonds is 5. The maximum atomic E-state index is 13.0. The van der Waals surface area contributed by atoms with Gasteiger partial charge in [-0.1, -0.05) is 20.8 Å². The van der Waals surface area contributed by atoms with E-state index in [1.807, 2.05) is 13.8 Å². The first kappa shape index (κ1) is 20.5. The highest BCUT2D eigenvalue weighted by molar-refractivity contribution is 8.15. The average molecular weight is 391 g/mol. The second-order valence-corrected chi connectivity index (χ2v) is 7.95. The van der Waals surface area contributed by atoms with Crippen LogP contribution in [-0.4, -0.2) is 30.8 Å². The predicted molar refractivity (Wildman–Crippen MR) is 89.9 cm³/mol. The Labute approximate surface area is 152 Å². The maximum absolute atomic E-state index is 13.0. The Morgan fingerprint density at radius 1 is 1.42 bits per heavy atom. The van der Waals surface area contributed by atoms with E-state index in [4.69, 9.17) is 0 Å². The van der Waals surface area contributed by atoms with E-state index < -0.39 is 39.3 Å². The van der Waals surface area contributed by atoms with E-state index in [-0.39, 0.29) is 11.6 Å². The molecule has 26 heavy (non-hydrogen) atoms. The zero-order valence-corrected chi connectivity index (χ0v) is 15.5. The van der Waals surface area contributed by atoms with Gasteiger partial charge in [-0.15, -0.1) is 0 Å². The summed E-state index contributed by atoms with van der Waals surface area (Å²) in [5, 5.41) is 16.0. The van der Waals surface area contributed by atoms with Gasteiger partial charge in [-0.05, 0) is 24.1 Å². The number of aryl methyl sites for hydroxylation is 1. The van der Waals surface area contributed by atoms with Crippen molar-refractivity contribution < 1.29 is 27.9 Å². The van der Waals surface area contributed by atoms with Crippen molar-refractivity contribution in [2.24, 2.45) is 18.9 Å². The molecular weight excluding hydrogens is 371 g/mol. The Bertz CT molecular complexity index is 758. The second-order valence-electron chi connectivity index (χ2n) is 6.72. The van der Waals surface area contributed by atoms with Gasteiger partial charge in [0.05, 0.1) is 11.3 Å². The minimum Gasteiger partial charge on any atom is -0.373 e. The molecule has 6 nitrogen and oxygen atoms in total. The molecule has 0 bridgehead atoms. The van der Waals surface area contributed by atoms with Gasteiger partial charge in [-0.2, -0.15) is 18.3 Å². The number of halogens is 3. The van der Waals surface area contributed by atoms with Crippen molar-refractivity contribution >= 4 is 22.8 Å². The molecule has 1 amide bonds. The molecule has 1 aromatic rings. The van der Waals surface area contributed by atoms with E-state index in [2.05, 4.69) is 10.4 Å². The lowest BCUT2D eigenvalue weighted by Crippen LogP contribution is -2.41. The minimum atomic E-state index is -4.80. The fraction of sp³-hybridized carbons (Fsp3) is 0.562. The van der Waals surface area contributed by atoms with Crippen LogP contribution in [0.25, 0.3) is 0 Å². The summed E-state index contributed by atoms with van der Waals surface area (Å²) in [6, 6.07) is 0. The number of thioether (sulfide) groups is 1. The van der Waals surface area contributed by atoms with E-state index >= 15 is 0 Å². The Morgan fingerprint density at radius 3 is 2.58 bits per heavy atom. The third kappa shape index (κ3) is 4.12. The number of nitrogens with one attached hydrogen (secondary N) is 1. The molecule has 0 fully saturated rings. The number of hydrogen-bond donors (Lipinski definition) is 2. The van der Waals surface area contributed by atoms with Crippen LogP contribution in [0.15, 0.2) is 18.0 Å². The van der Waals surface area contributed by atoms with Crippen molar-refractivity contribution in [3.05, 3.63) is 29.2 Å². The molecule has 2 rings (SSSR count). The van der Waals surface area contributed by atoms with E-state index in [1.54, 1.807) is 6.92 Å². The van der Waals surface area contributed by atoms with Gasteiger partial charge in [-0.25, -0.2) is 0 Å². The van der Waals surface area contributed by atoms with E-state index in [9.17, 15) is 27.9 Å². The van der Waals surface area contributed by atoms with Gasteiger partial charge in [0, 0.05) is 25.2 Å². The smallest absolute Gasteiger partial charge is 0.373 e. The van der Waals surface area contributed by atoms with Crippen LogP contribution in [0.1, 0.15) is 43.2 Å². The first-order valence-corrected chi connectivity index (χ1v) is 8.76. The van der Waals surface area contributed by atoms with Crippen molar-refractivity contribution in [3.8, 4) is 0 Å². The van der Waals surface area contributed by atoms with Crippen molar-refractivity contribution in [2.45, 2.75) is 38.3 Å². The number of alkyl halides is 3. The van der Waals surface area contributed by atoms with E-state index in [0.29, 0.717) is 18.2 Å². The minimum absolute atomic E-state index is 0.109. The van der Waals surface area contributed by atoms with Crippen LogP contribution in [0.4, 0.5) is 13.2 Å². The average Bonchev–Trinajstić information content (AvgIpc) is 2.99. The van der Waals surface area contributed by atoms with Gasteiger partial charge in [0.15, 0.2) is 10.6 Å². The Balaban J connectivity index is 2.30. The molecule has 0 spiro atoms. The molecule has 10 heteroatoms. The molecule has 0 aromatic carbocycles. The summed E-state index contributed by atoms with van der Waals surface area (Å²) in [5.74, 6) is -1.26. The molecule has 1 aromatic heterocycles. The maximum Gasteiger partial charge on any atom is 0.435 e. The summed E-state index contributed by atoms with van der Waals surface area (Å²) in [6.45, 7) is 5.60. The summed E-state index contributed by atoms with van der Waals surface area (Å²) in [4.78, 5) is 22.5. The van der Waals surface area contributed by atoms with Crippen LogP contribution in [0, 0.1) is 11.8 Å². The van der Waals surface area contributed by atoms with Crippen LogP contribution in [0.3, 0.4) is 0 Å². The van der Waals surface area contributed by atoms with Gasteiger partial charge in [-0.3, -0.25) is 14.3 Å². The summed E-state index contributed by atoms with van der Waals surface area (Å²) in [5.41, 5.74) is -2.11. The van der Waals surface area contributed by atoms with Crippen LogP contribution in [0.5, 0.6) is 0 Å². The van der Waals surface area contributed by atoms with Crippen molar-refractivity contribution in [1.29, 1.82) is 0 Å². The largest absolute Gasteiger partial charge is 0.435 e. The topological polar surface area (TPSA) is 84.2 Å². The molecule has 0 saturated carbocycles. The number of amides is 1. The first-order chi connectivity index (χ1) is 11.8. The molecule has 2 N–H and O–H groups in total. The summed E-state index contributed by atoms with van der Waals surface area (Å²) in [7, 11) is 1.27. The van der Waals surface area contributed by atoms with E-state index in [1.165, 1.54) is 7.05 Å².